The number of Topliss-reactive ketones (excluding diaryl/α,β-unsaturated/α-hetero) is 1. The summed E-state index contributed by atoms with van der Waals surface area (Å²) in [6, 6.07) is 3.35. The molecule has 1 aromatic rings. The number of ketones is 1. The number of carboxylic acids is 1. The molecular weight excluding hydrogens is 462 g/mol. The predicted molar refractivity (Wildman–Crippen MR) is 135 cm³/mol. The number of hydrogen-bond acceptors (Lipinski definition) is 4. The second-order valence-corrected chi connectivity index (χ2v) is 10.6. The molecular formula is C29H32F2N2O3. The number of carbonyl (C=O) groups is 2. The number of benzene rings is 1. The largest absolute Gasteiger partial charge is 0.481 e. The van der Waals surface area contributed by atoms with Gasteiger partial charge in [0.15, 0.2) is 5.78 Å². The molecule has 5 rings (SSSR count). The van der Waals surface area contributed by atoms with E-state index < -0.39 is 17.6 Å². The van der Waals surface area contributed by atoms with Gasteiger partial charge < -0.3 is 5.11 Å². The maximum atomic E-state index is 14.9. The minimum absolute atomic E-state index is 0.0439. The van der Waals surface area contributed by atoms with Crippen LogP contribution in [-0.4, -0.2) is 35.3 Å². The lowest BCUT2D eigenvalue weighted by Gasteiger charge is -2.27. The summed E-state index contributed by atoms with van der Waals surface area (Å²) in [5, 5.41) is 9.39. The quantitative estimate of drug-likeness (QED) is 0.502. The van der Waals surface area contributed by atoms with E-state index in [4.69, 9.17) is 0 Å². The van der Waals surface area contributed by atoms with Gasteiger partial charge in [-0.05, 0) is 62.5 Å². The highest BCUT2D eigenvalue weighted by atomic mass is 19.1. The van der Waals surface area contributed by atoms with E-state index in [9.17, 15) is 23.5 Å². The monoisotopic (exact) mass is 494 g/mol. The standard InChI is InChI=1S/C29H32F2N2O3/c30-20-9-10-21(25(31)13-20)23-15-33-28-24(27(34)12-17-5-4-8-19(11-17)29(35)36)16-32-26(28)14-22(23)18-6-2-1-3-7-18/h9-10,13,15-19,26H,1-8,11-12,14H2,(H,35,36)/t17?,19-,26?/m1/s1. The van der Waals surface area contributed by atoms with Gasteiger partial charge in [0.2, 0.25) is 0 Å². The Kier molecular flexibility index (Phi) is 7.26. The van der Waals surface area contributed by atoms with Crippen molar-refractivity contribution in [1.29, 1.82) is 0 Å². The average molecular weight is 495 g/mol. The molecule has 1 aromatic carbocycles. The van der Waals surface area contributed by atoms with E-state index in [0.717, 1.165) is 50.2 Å². The van der Waals surface area contributed by atoms with E-state index in [-0.39, 0.29) is 29.6 Å². The van der Waals surface area contributed by atoms with Crippen molar-refractivity contribution in [3.8, 4) is 0 Å². The van der Waals surface area contributed by atoms with Crippen LogP contribution >= 0.6 is 0 Å². The maximum absolute atomic E-state index is 14.9. The molecule has 2 unspecified atom stereocenters. The first kappa shape index (κ1) is 24.7. The first-order valence-corrected chi connectivity index (χ1v) is 13.2. The fraction of sp³-hybridized carbons (Fsp3) is 0.517. The third-order valence-electron chi connectivity index (χ3n) is 8.29. The molecule has 1 N–H and O–H groups in total. The summed E-state index contributed by atoms with van der Waals surface area (Å²) in [7, 11) is 0. The molecule has 0 radical (unpaired) electrons. The number of halogens is 2. The average Bonchev–Trinajstić information content (AvgIpc) is 3.18. The molecule has 0 saturated heterocycles. The summed E-state index contributed by atoms with van der Waals surface area (Å²) < 4.78 is 28.5. The fourth-order valence-electron chi connectivity index (χ4n) is 6.40. The van der Waals surface area contributed by atoms with Crippen molar-refractivity contribution in [2.45, 2.75) is 76.7 Å². The van der Waals surface area contributed by atoms with Crippen LogP contribution in [0.25, 0.3) is 5.57 Å². The first-order valence-electron chi connectivity index (χ1n) is 13.2. The lowest BCUT2D eigenvalue weighted by atomic mass is 9.78. The summed E-state index contributed by atoms with van der Waals surface area (Å²) in [6.45, 7) is 0. The number of fused-ring (bicyclic) bond motifs is 1. The molecule has 2 fully saturated rings. The van der Waals surface area contributed by atoms with Crippen molar-refractivity contribution in [2.24, 2.45) is 27.7 Å². The highest BCUT2D eigenvalue weighted by Gasteiger charge is 2.34. The predicted octanol–water partition coefficient (Wildman–Crippen LogP) is 6.33. The number of aliphatic carboxylic acids is 1. The van der Waals surface area contributed by atoms with Gasteiger partial charge in [0, 0.05) is 36.1 Å². The minimum atomic E-state index is -0.785. The Labute approximate surface area is 210 Å². The molecule has 2 aliphatic heterocycles. The van der Waals surface area contributed by atoms with Gasteiger partial charge in [0.05, 0.1) is 23.2 Å². The SMILES string of the molecule is O=C(CC1CCC[C@@H](C(=O)O)C1)C1=C2N=CC(c3ccc(F)cc3F)=C(C3CCCCC3)CC2N=C1. The van der Waals surface area contributed by atoms with E-state index >= 15 is 0 Å². The number of nitrogens with zero attached hydrogens (tertiary/aromatic N) is 2. The zero-order valence-corrected chi connectivity index (χ0v) is 20.4. The Morgan fingerprint density at radius 2 is 1.81 bits per heavy atom. The molecule has 7 heteroatoms. The van der Waals surface area contributed by atoms with Crippen molar-refractivity contribution < 1.29 is 23.5 Å². The Hall–Kier alpha value is -2.96. The molecule has 5 nitrogen and oxygen atoms in total. The van der Waals surface area contributed by atoms with Gasteiger partial charge in [-0.2, -0.15) is 0 Å². The Balaban J connectivity index is 1.44. The van der Waals surface area contributed by atoms with Crippen LogP contribution in [0.2, 0.25) is 0 Å². The first-order chi connectivity index (χ1) is 17.4. The van der Waals surface area contributed by atoms with Gasteiger partial charge >= 0.3 is 5.97 Å². The van der Waals surface area contributed by atoms with Gasteiger partial charge in [-0.3, -0.25) is 19.6 Å². The van der Waals surface area contributed by atoms with Crippen LogP contribution in [0.4, 0.5) is 8.78 Å². The van der Waals surface area contributed by atoms with Crippen molar-refractivity contribution in [3.05, 3.63) is 52.2 Å². The number of carbonyl (C=O) groups excluding carboxylic acids is 1. The zero-order chi connectivity index (χ0) is 25.2. The third kappa shape index (κ3) is 5.11. The summed E-state index contributed by atoms with van der Waals surface area (Å²) in [4.78, 5) is 34.1. The van der Waals surface area contributed by atoms with Crippen molar-refractivity contribution in [1.82, 2.24) is 0 Å². The van der Waals surface area contributed by atoms with E-state index in [1.165, 1.54) is 18.6 Å². The smallest absolute Gasteiger partial charge is 0.306 e. The second kappa shape index (κ2) is 10.6. The molecule has 0 bridgehead atoms. The molecule has 3 atom stereocenters. The van der Waals surface area contributed by atoms with E-state index in [1.54, 1.807) is 12.4 Å². The molecule has 0 spiro atoms. The normalized spacial score (nSPS) is 26.8. The van der Waals surface area contributed by atoms with Crippen LogP contribution in [0.15, 0.2) is 45.0 Å². The Morgan fingerprint density at radius 1 is 1.00 bits per heavy atom. The van der Waals surface area contributed by atoms with E-state index in [2.05, 4.69) is 9.98 Å². The third-order valence-corrected chi connectivity index (χ3v) is 8.29. The van der Waals surface area contributed by atoms with Crippen molar-refractivity contribution in [3.63, 3.8) is 0 Å². The summed E-state index contributed by atoms with van der Waals surface area (Å²) in [5.41, 5.74) is 3.19. The summed E-state index contributed by atoms with van der Waals surface area (Å²) in [5.74, 6) is -2.13. The topological polar surface area (TPSA) is 79.1 Å². The Morgan fingerprint density at radius 3 is 2.56 bits per heavy atom. The number of aliphatic imine (C=N–C) groups is 2. The number of rotatable bonds is 6. The van der Waals surface area contributed by atoms with Gasteiger partial charge in [-0.25, -0.2) is 8.78 Å². The van der Waals surface area contributed by atoms with Gasteiger partial charge in [-0.15, -0.1) is 0 Å². The van der Waals surface area contributed by atoms with Gasteiger partial charge in [-0.1, -0.05) is 31.3 Å². The van der Waals surface area contributed by atoms with Crippen LogP contribution < -0.4 is 0 Å². The highest BCUT2D eigenvalue weighted by molar-refractivity contribution is 6.17. The lowest BCUT2D eigenvalue weighted by molar-refractivity contribution is -0.143. The van der Waals surface area contributed by atoms with Crippen LogP contribution in [-0.2, 0) is 9.59 Å². The second-order valence-electron chi connectivity index (χ2n) is 10.6. The van der Waals surface area contributed by atoms with Crippen LogP contribution in [0, 0.1) is 29.4 Å². The minimum Gasteiger partial charge on any atom is -0.481 e. The molecule has 190 valence electrons. The molecule has 2 heterocycles. The maximum Gasteiger partial charge on any atom is 0.306 e. The fourth-order valence-corrected chi connectivity index (χ4v) is 6.40. The number of allylic oxidation sites excluding steroid dienone is 2. The molecule has 0 aromatic heterocycles. The van der Waals surface area contributed by atoms with Crippen LogP contribution in [0.3, 0.4) is 0 Å². The van der Waals surface area contributed by atoms with Gasteiger partial charge in [0.1, 0.15) is 11.6 Å². The zero-order valence-electron chi connectivity index (χ0n) is 20.4. The summed E-state index contributed by atoms with van der Waals surface area (Å²) >= 11 is 0. The van der Waals surface area contributed by atoms with Crippen molar-refractivity contribution in [2.75, 3.05) is 0 Å². The highest BCUT2D eigenvalue weighted by Crippen LogP contribution is 2.41. The van der Waals surface area contributed by atoms with E-state index in [0.29, 0.717) is 48.1 Å². The lowest BCUT2D eigenvalue weighted by Crippen LogP contribution is -2.24. The Bertz CT molecular complexity index is 1180. The van der Waals surface area contributed by atoms with Crippen molar-refractivity contribution >= 4 is 29.8 Å². The summed E-state index contributed by atoms with van der Waals surface area (Å²) in [6.07, 6.45) is 12.4. The van der Waals surface area contributed by atoms with E-state index in [1.807, 2.05) is 0 Å². The number of carboxylic acid groups (broad SMARTS) is 1. The van der Waals surface area contributed by atoms with Gasteiger partial charge in [0.25, 0.3) is 0 Å². The molecule has 36 heavy (non-hydrogen) atoms. The molecule has 2 aliphatic carbocycles. The van der Waals surface area contributed by atoms with Crippen LogP contribution in [0.1, 0.15) is 76.2 Å². The molecule has 2 saturated carbocycles. The van der Waals surface area contributed by atoms with Crippen LogP contribution in [0.5, 0.6) is 0 Å². The number of hydrogen-bond donors (Lipinski definition) is 1. The molecule has 0 amide bonds. The molecule has 4 aliphatic rings.